The lowest BCUT2D eigenvalue weighted by atomic mass is 10.2. The maximum Gasteiger partial charge on any atom is 0.185 e. The number of H-pyrrole nitrogens is 1. The fourth-order valence-electron chi connectivity index (χ4n) is 1.47. The third kappa shape index (κ3) is 2.15. The predicted molar refractivity (Wildman–Crippen MR) is 56.9 cm³/mol. The Hall–Kier alpha value is -2.05. The van der Waals surface area contributed by atoms with Crippen molar-refractivity contribution in [2.45, 2.75) is 13.5 Å². The smallest absolute Gasteiger partial charge is 0.185 e. The molecule has 7 heteroatoms. The number of hydrogen-bond acceptors (Lipinski definition) is 2. The minimum atomic E-state index is -1.46. The number of rotatable bonds is 3. The first-order valence-corrected chi connectivity index (χ1v) is 5.06. The van der Waals surface area contributed by atoms with Crippen LogP contribution in [0.2, 0.25) is 0 Å². The van der Waals surface area contributed by atoms with Crippen LogP contribution in [0.3, 0.4) is 0 Å². The molecule has 0 radical (unpaired) electrons. The summed E-state index contributed by atoms with van der Waals surface area (Å²) < 4.78 is 52.4. The summed E-state index contributed by atoms with van der Waals surface area (Å²) in [4.78, 5) is 6.65. The highest BCUT2D eigenvalue weighted by atomic mass is 19.2. The topological polar surface area (TPSA) is 40.7 Å². The quantitative estimate of drug-likeness (QED) is 0.657. The Morgan fingerprint density at radius 1 is 1.17 bits per heavy atom. The van der Waals surface area contributed by atoms with Gasteiger partial charge in [-0.15, -0.1) is 0 Å². The van der Waals surface area contributed by atoms with Crippen molar-refractivity contribution in [1.82, 2.24) is 9.97 Å². The van der Waals surface area contributed by atoms with Gasteiger partial charge >= 0.3 is 0 Å². The Morgan fingerprint density at radius 2 is 1.78 bits per heavy atom. The van der Waals surface area contributed by atoms with Crippen LogP contribution in [0, 0.1) is 30.2 Å². The van der Waals surface area contributed by atoms with Gasteiger partial charge in [0.2, 0.25) is 0 Å². The third-order valence-electron chi connectivity index (χ3n) is 2.48. The van der Waals surface area contributed by atoms with E-state index in [2.05, 4.69) is 15.3 Å². The number of aromatic amines is 1. The van der Waals surface area contributed by atoms with Crippen LogP contribution in [-0.4, -0.2) is 9.97 Å². The SMILES string of the molecule is Cc1[nH]cnc1CNc1c(F)c(F)cc(F)c1F. The summed E-state index contributed by atoms with van der Waals surface area (Å²) in [6.07, 6.45) is 1.41. The summed E-state index contributed by atoms with van der Waals surface area (Å²) in [7, 11) is 0. The highest BCUT2D eigenvalue weighted by molar-refractivity contribution is 5.47. The van der Waals surface area contributed by atoms with E-state index >= 15 is 0 Å². The van der Waals surface area contributed by atoms with Crippen molar-refractivity contribution in [2.24, 2.45) is 0 Å². The molecule has 0 aliphatic heterocycles. The fraction of sp³-hybridized carbons (Fsp3) is 0.182. The van der Waals surface area contributed by atoms with Crippen LogP contribution < -0.4 is 5.32 Å². The standard InChI is InChI=1S/C11H9F4N3/c1-5-8(18-4-17-5)3-16-11-9(14)6(12)2-7(13)10(11)15/h2,4,16H,3H2,1H3,(H,17,18). The molecule has 0 saturated heterocycles. The molecule has 0 aliphatic rings. The number of halogens is 4. The molecule has 0 spiro atoms. The van der Waals surface area contributed by atoms with Crippen molar-refractivity contribution in [3.05, 3.63) is 47.1 Å². The Morgan fingerprint density at radius 3 is 2.28 bits per heavy atom. The van der Waals surface area contributed by atoms with E-state index in [1.165, 1.54) is 6.33 Å². The minimum absolute atomic E-state index is 0.0495. The first-order chi connectivity index (χ1) is 8.50. The lowest BCUT2D eigenvalue weighted by molar-refractivity contribution is 0.458. The third-order valence-corrected chi connectivity index (χ3v) is 2.48. The number of aromatic nitrogens is 2. The van der Waals surface area contributed by atoms with Crippen LogP contribution in [0.1, 0.15) is 11.4 Å². The van der Waals surface area contributed by atoms with E-state index < -0.39 is 29.0 Å². The number of imidazole rings is 1. The molecule has 2 N–H and O–H groups in total. The van der Waals surface area contributed by atoms with Gasteiger partial charge in [-0.25, -0.2) is 22.5 Å². The second-order valence-electron chi connectivity index (χ2n) is 3.67. The van der Waals surface area contributed by atoms with Gasteiger partial charge in [0.25, 0.3) is 0 Å². The van der Waals surface area contributed by atoms with E-state index in [9.17, 15) is 17.6 Å². The Labute approximate surface area is 99.9 Å². The zero-order chi connectivity index (χ0) is 13.3. The molecular formula is C11H9F4N3. The number of hydrogen-bond donors (Lipinski definition) is 2. The van der Waals surface area contributed by atoms with E-state index in [1.54, 1.807) is 6.92 Å². The van der Waals surface area contributed by atoms with Gasteiger partial charge < -0.3 is 10.3 Å². The number of nitrogens with zero attached hydrogens (tertiary/aromatic N) is 1. The lowest BCUT2D eigenvalue weighted by Crippen LogP contribution is -2.08. The monoisotopic (exact) mass is 259 g/mol. The van der Waals surface area contributed by atoms with Gasteiger partial charge in [0.05, 0.1) is 18.6 Å². The van der Waals surface area contributed by atoms with Crippen molar-refractivity contribution in [1.29, 1.82) is 0 Å². The van der Waals surface area contributed by atoms with E-state index in [4.69, 9.17) is 0 Å². The lowest BCUT2D eigenvalue weighted by Gasteiger charge is -2.09. The fourth-order valence-corrected chi connectivity index (χ4v) is 1.47. The van der Waals surface area contributed by atoms with Crippen LogP contribution in [0.15, 0.2) is 12.4 Å². The highest BCUT2D eigenvalue weighted by Crippen LogP contribution is 2.24. The second kappa shape index (κ2) is 4.67. The number of benzene rings is 1. The first kappa shape index (κ1) is 12.4. The molecule has 0 atom stereocenters. The van der Waals surface area contributed by atoms with Crippen LogP contribution in [0.25, 0.3) is 0 Å². The van der Waals surface area contributed by atoms with Gasteiger partial charge in [-0.3, -0.25) is 0 Å². The Balaban J connectivity index is 2.27. The van der Waals surface area contributed by atoms with Crippen molar-refractivity contribution < 1.29 is 17.6 Å². The molecule has 2 rings (SSSR count). The Bertz CT molecular complexity index is 554. The van der Waals surface area contributed by atoms with Crippen molar-refractivity contribution >= 4 is 5.69 Å². The van der Waals surface area contributed by atoms with Crippen molar-refractivity contribution in [3.63, 3.8) is 0 Å². The number of aryl methyl sites for hydroxylation is 1. The number of anilines is 1. The summed E-state index contributed by atoms with van der Waals surface area (Å²) in [6.45, 7) is 1.66. The first-order valence-electron chi connectivity index (χ1n) is 5.06. The molecule has 0 aliphatic carbocycles. The molecule has 18 heavy (non-hydrogen) atoms. The summed E-state index contributed by atoms with van der Waals surface area (Å²) in [6, 6.07) is 0.162. The number of nitrogens with one attached hydrogen (secondary N) is 2. The van der Waals surface area contributed by atoms with Gasteiger partial charge in [-0.05, 0) is 6.92 Å². The molecule has 0 unspecified atom stereocenters. The normalized spacial score (nSPS) is 10.7. The van der Waals surface area contributed by atoms with Crippen LogP contribution in [0.4, 0.5) is 23.2 Å². The summed E-state index contributed by atoms with van der Waals surface area (Å²) >= 11 is 0. The summed E-state index contributed by atoms with van der Waals surface area (Å²) in [5.41, 5.74) is 0.355. The minimum Gasteiger partial charge on any atom is -0.374 e. The molecule has 3 nitrogen and oxygen atoms in total. The molecular weight excluding hydrogens is 250 g/mol. The van der Waals surface area contributed by atoms with Gasteiger partial charge in [-0.2, -0.15) is 0 Å². The average Bonchev–Trinajstić information content (AvgIpc) is 2.73. The van der Waals surface area contributed by atoms with Crippen LogP contribution in [0.5, 0.6) is 0 Å². The second-order valence-corrected chi connectivity index (χ2v) is 3.67. The van der Waals surface area contributed by atoms with Gasteiger partial charge in [0.15, 0.2) is 23.3 Å². The molecule has 1 aromatic carbocycles. The van der Waals surface area contributed by atoms with E-state index in [-0.39, 0.29) is 12.6 Å². The molecule has 0 bridgehead atoms. The van der Waals surface area contributed by atoms with Crippen LogP contribution >= 0.6 is 0 Å². The average molecular weight is 259 g/mol. The molecule has 0 saturated carbocycles. The molecule has 0 fully saturated rings. The maximum absolute atomic E-state index is 13.3. The van der Waals surface area contributed by atoms with Crippen LogP contribution in [-0.2, 0) is 6.54 Å². The van der Waals surface area contributed by atoms with E-state index in [0.29, 0.717) is 11.4 Å². The van der Waals surface area contributed by atoms with Crippen molar-refractivity contribution in [3.8, 4) is 0 Å². The summed E-state index contributed by atoms with van der Waals surface area (Å²) in [5, 5.41) is 2.29. The van der Waals surface area contributed by atoms with Gasteiger partial charge in [-0.1, -0.05) is 0 Å². The van der Waals surface area contributed by atoms with Gasteiger partial charge in [0, 0.05) is 11.8 Å². The van der Waals surface area contributed by atoms with E-state index in [1.807, 2.05) is 0 Å². The Kier molecular flexibility index (Phi) is 3.22. The largest absolute Gasteiger partial charge is 0.374 e. The molecule has 2 aromatic rings. The maximum atomic E-state index is 13.3. The zero-order valence-corrected chi connectivity index (χ0v) is 9.32. The van der Waals surface area contributed by atoms with E-state index in [0.717, 1.165) is 0 Å². The highest BCUT2D eigenvalue weighted by Gasteiger charge is 2.19. The molecule has 96 valence electrons. The van der Waals surface area contributed by atoms with Crippen molar-refractivity contribution in [2.75, 3.05) is 5.32 Å². The van der Waals surface area contributed by atoms with Gasteiger partial charge in [0.1, 0.15) is 5.69 Å². The molecule has 1 heterocycles. The molecule has 0 amide bonds. The zero-order valence-electron chi connectivity index (χ0n) is 9.32. The molecule has 1 aromatic heterocycles. The predicted octanol–water partition coefficient (Wildman–Crippen LogP) is 2.89. The summed E-state index contributed by atoms with van der Waals surface area (Å²) in [5.74, 6) is -5.81.